The fourth-order valence-corrected chi connectivity index (χ4v) is 3.36. The largest absolute Gasteiger partial charge is 0.489 e. The van der Waals surface area contributed by atoms with Gasteiger partial charge in [-0.2, -0.15) is 0 Å². The Morgan fingerprint density at radius 1 is 0.867 bits per heavy atom. The fraction of sp³-hybridized carbons (Fsp3) is 0.269. The summed E-state index contributed by atoms with van der Waals surface area (Å²) in [6, 6.07) is 26.1. The van der Waals surface area contributed by atoms with Crippen LogP contribution in [-0.2, 0) is 19.4 Å². The number of hydrogen-bond acceptors (Lipinski definition) is 3. The second-order valence-electron chi connectivity index (χ2n) is 7.38. The van der Waals surface area contributed by atoms with E-state index in [1.54, 1.807) is 7.05 Å². The number of benzene rings is 3. The number of aliphatic hydroxyl groups is 1. The summed E-state index contributed by atoms with van der Waals surface area (Å²) in [4.78, 5) is 13.8. The summed E-state index contributed by atoms with van der Waals surface area (Å²) in [6.07, 6.45) is 2.88. The number of likely N-dealkylation sites (N-methyl/N-ethyl adjacent to an activating group) is 1. The van der Waals surface area contributed by atoms with Gasteiger partial charge in [0.1, 0.15) is 12.4 Å². The number of aliphatic hydroxyl groups excluding tert-OH is 1. The third kappa shape index (κ3) is 6.19. The molecule has 0 fully saturated rings. The Balaban J connectivity index is 1.52. The van der Waals surface area contributed by atoms with Crippen LogP contribution in [0.2, 0.25) is 0 Å². The lowest BCUT2D eigenvalue weighted by molar-refractivity contribution is 0.0767. The Kier molecular flexibility index (Phi) is 8.04. The number of nitrogens with zero attached hydrogens (tertiary/aromatic N) is 1. The molecule has 3 aromatic rings. The molecule has 1 N–H and O–H groups in total. The summed E-state index contributed by atoms with van der Waals surface area (Å²) in [5.41, 5.74) is 4.23. The molecule has 0 bridgehead atoms. The molecule has 4 heteroatoms. The fourth-order valence-electron chi connectivity index (χ4n) is 3.36. The maximum atomic E-state index is 12.2. The average molecular weight is 404 g/mol. The minimum atomic E-state index is -0.0694. The Morgan fingerprint density at radius 2 is 1.57 bits per heavy atom. The summed E-state index contributed by atoms with van der Waals surface area (Å²) < 4.78 is 6.05. The molecule has 3 aromatic carbocycles. The van der Waals surface area contributed by atoms with Crippen LogP contribution in [0.3, 0.4) is 0 Å². The van der Waals surface area contributed by atoms with Crippen molar-refractivity contribution in [3.05, 3.63) is 101 Å². The number of aryl methyl sites for hydroxylation is 2. The SMILES string of the molecule is CN(CCO)C(=O)c1ccc(CCCc2ccccc2OCc2ccccc2)cc1. The molecular formula is C26H29NO3. The van der Waals surface area contributed by atoms with Gasteiger partial charge in [0.25, 0.3) is 5.91 Å². The maximum absolute atomic E-state index is 12.2. The molecule has 156 valence electrons. The number of carbonyl (C=O) groups excluding carboxylic acids is 1. The van der Waals surface area contributed by atoms with Gasteiger partial charge in [-0.15, -0.1) is 0 Å². The van der Waals surface area contributed by atoms with E-state index in [1.807, 2.05) is 60.7 Å². The number of hydrogen-bond donors (Lipinski definition) is 1. The molecule has 0 saturated heterocycles. The molecule has 0 heterocycles. The Labute approximate surface area is 178 Å². The molecule has 0 aromatic heterocycles. The van der Waals surface area contributed by atoms with Gasteiger partial charge in [0.2, 0.25) is 0 Å². The quantitative estimate of drug-likeness (QED) is 0.542. The Morgan fingerprint density at radius 3 is 2.30 bits per heavy atom. The molecule has 0 atom stereocenters. The van der Waals surface area contributed by atoms with E-state index in [4.69, 9.17) is 9.84 Å². The van der Waals surface area contributed by atoms with Gasteiger partial charge in [-0.25, -0.2) is 0 Å². The van der Waals surface area contributed by atoms with Crippen LogP contribution in [0, 0.1) is 0 Å². The molecule has 30 heavy (non-hydrogen) atoms. The third-order valence-electron chi connectivity index (χ3n) is 5.10. The zero-order valence-corrected chi connectivity index (χ0v) is 17.5. The van der Waals surface area contributed by atoms with Gasteiger partial charge in [0.15, 0.2) is 0 Å². The van der Waals surface area contributed by atoms with Crippen LogP contribution in [0.15, 0.2) is 78.9 Å². The van der Waals surface area contributed by atoms with E-state index in [2.05, 4.69) is 18.2 Å². The van der Waals surface area contributed by atoms with Crippen molar-refractivity contribution in [3.63, 3.8) is 0 Å². The van der Waals surface area contributed by atoms with Gasteiger partial charge in [-0.1, -0.05) is 60.7 Å². The van der Waals surface area contributed by atoms with Gasteiger partial charge < -0.3 is 14.7 Å². The average Bonchev–Trinajstić information content (AvgIpc) is 2.79. The Hall–Kier alpha value is -3.11. The maximum Gasteiger partial charge on any atom is 0.253 e. The van der Waals surface area contributed by atoms with E-state index in [9.17, 15) is 4.79 Å². The van der Waals surface area contributed by atoms with Crippen molar-refractivity contribution in [2.45, 2.75) is 25.9 Å². The normalized spacial score (nSPS) is 10.6. The number of ether oxygens (including phenoxy) is 1. The predicted octanol–water partition coefficient (Wildman–Crippen LogP) is 4.51. The van der Waals surface area contributed by atoms with Gasteiger partial charge >= 0.3 is 0 Å². The molecule has 3 rings (SSSR count). The van der Waals surface area contributed by atoms with Gasteiger partial charge in [-0.3, -0.25) is 4.79 Å². The lowest BCUT2D eigenvalue weighted by Crippen LogP contribution is -2.29. The van der Waals surface area contributed by atoms with E-state index in [0.29, 0.717) is 18.7 Å². The van der Waals surface area contributed by atoms with Crippen molar-refractivity contribution >= 4 is 5.91 Å². The van der Waals surface area contributed by atoms with Crippen LogP contribution in [0.4, 0.5) is 0 Å². The molecule has 0 unspecified atom stereocenters. The first-order valence-corrected chi connectivity index (χ1v) is 10.4. The lowest BCUT2D eigenvalue weighted by atomic mass is 10.0. The highest BCUT2D eigenvalue weighted by molar-refractivity contribution is 5.94. The summed E-state index contributed by atoms with van der Waals surface area (Å²) in [6.45, 7) is 0.876. The van der Waals surface area contributed by atoms with Crippen molar-refractivity contribution in [3.8, 4) is 5.75 Å². The molecule has 1 amide bonds. The molecule has 0 aliphatic heterocycles. The van der Waals surface area contributed by atoms with E-state index in [0.717, 1.165) is 30.6 Å². The first-order chi connectivity index (χ1) is 14.7. The molecule has 0 spiro atoms. The first kappa shape index (κ1) is 21.6. The molecular weight excluding hydrogens is 374 g/mol. The predicted molar refractivity (Wildman–Crippen MR) is 120 cm³/mol. The van der Waals surface area contributed by atoms with Crippen LogP contribution in [-0.4, -0.2) is 36.1 Å². The standard InChI is InChI=1S/C26H29NO3/c1-27(18-19-28)26(29)24-16-14-21(15-17-24)10-7-12-23-11-5-6-13-25(23)30-20-22-8-3-2-4-9-22/h2-6,8-9,11,13-17,28H,7,10,12,18-20H2,1H3. The Bertz CT molecular complexity index is 923. The molecule has 0 aliphatic carbocycles. The second-order valence-corrected chi connectivity index (χ2v) is 7.38. The molecule has 4 nitrogen and oxygen atoms in total. The van der Waals surface area contributed by atoms with E-state index in [1.165, 1.54) is 16.0 Å². The van der Waals surface area contributed by atoms with Crippen molar-refractivity contribution in [2.24, 2.45) is 0 Å². The second kappa shape index (κ2) is 11.2. The van der Waals surface area contributed by atoms with Crippen LogP contribution in [0.25, 0.3) is 0 Å². The summed E-state index contributed by atoms with van der Waals surface area (Å²) in [5, 5.41) is 8.98. The van der Waals surface area contributed by atoms with Crippen molar-refractivity contribution in [1.82, 2.24) is 4.90 Å². The topological polar surface area (TPSA) is 49.8 Å². The lowest BCUT2D eigenvalue weighted by Gasteiger charge is -2.15. The molecule has 0 aliphatic rings. The van der Waals surface area contributed by atoms with Crippen LogP contribution in [0.1, 0.15) is 33.5 Å². The summed E-state index contributed by atoms with van der Waals surface area (Å²) in [5.74, 6) is 0.870. The monoisotopic (exact) mass is 403 g/mol. The highest BCUT2D eigenvalue weighted by Crippen LogP contribution is 2.22. The minimum Gasteiger partial charge on any atom is -0.489 e. The highest BCUT2D eigenvalue weighted by Gasteiger charge is 2.11. The van der Waals surface area contributed by atoms with Crippen molar-refractivity contribution in [1.29, 1.82) is 0 Å². The number of para-hydroxylation sites is 1. The summed E-state index contributed by atoms with van der Waals surface area (Å²) >= 11 is 0. The first-order valence-electron chi connectivity index (χ1n) is 10.4. The van der Waals surface area contributed by atoms with Crippen LogP contribution >= 0.6 is 0 Å². The smallest absolute Gasteiger partial charge is 0.253 e. The van der Waals surface area contributed by atoms with Gasteiger partial charge in [-0.05, 0) is 54.2 Å². The van der Waals surface area contributed by atoms with Gasteiger partial charge in [0, 0.05) is 19.2 Å². The zero-order chi connectivity index (χ0) is 21.2. The highest BCUT2D eigenvalue weighted by atomic mass is 16.5. The molecule has 0 saturated carbocycles. The van der Waals surface area contributed by atoms with E-state index in [-0.39, 0.29) is 12.5 Å². The van der Waals surface area contributed by atoms with E-state index < -0.39 is 0 Å². The molecule has 0 radical (unpaired) electrons. The summed E-state index contributed by atoms with van der Waals surface area (Å²) in [7, 11) is 1.70. The minimum absolute atomic E-state index is 0.0309. The van der Waals surface area contributed by atoms with Crippen molar-refractivity contribution < 1.29 is 14.6 Å². The van der Waals surface area contributed by atoms with Crippen molar-refractivity contribution in [2.75, 3.05) is 20.2 Å². The zero-order valence-electron chi connectivity index (χ0n) is 17.5. The van der Waals surface area contributed by atoms with Crippen LogP contribution in [0.5, 0.6) is 5.75 Å². The number of rotatable bonds is 10. The number of carbonyl (C=O) groups is 1. The van der Waals surface area contributed by atoms with Gasteiger partial charge in [0.05, 0.1) is 6.61 Å². The van der Waals surface area contributed by atoms with E-state index >= 15 is 0 Å². The van der Waals surface area contributed by atoms with Crippen LogP contribution < -0.4 is 4.74 Å². The number of amides is 1. The third-order valence-corrected chi connectivity index (χ3v) is 5.10.